The summed E-state index contributed by atoms with van der Waals surface area (Å²) in [6.45, 7) is 4.95. The zero-order chi connectivity index (χ0) is 14.8. The first-order valence-electron chi connectivity index (χ1n) is 6.90. The first-order valence-corrected chi connectivity index (χ1v) is 6.90. The van der Waals surface area contributed by atoms with Gasteiger partial charge in [-0.25, -0.2) is 0 Å². The summed E-state index contributed by atoms with van der Waals surface area (Å²) in [7, 11) is 1.40. The van der Waals surface area contributed by atoms with Crippen LogP contribution in [0.3, 0.4) is 0 Å². The average molecular weight is 280 g/mol. The number of nitrogens with two attached hydrogens (primary N) is 1. The minimum atomic E-state index is -0.219. The second kappa shape index (κ2) is 9.34. The van der Waals surface area contributed by atoms with E-state index in [9.17, 15) is 4.79 Å². The van der Waals surface area contributed by atoms with E-state index in [-0.39, 0.29) is 5.97 Å². The van der Waals surface area contributed by atoms with Crippen LogP contribution < -0.4 is 10.5 Å². The molecule has 1 aromatic rings. The normalized spacial score (nSPS) is 10.6. The third-order valence-electron chi connectivity index (χ3n) is 2.93. The molecule has 0 saturated carbocycles. The van der Waals surface area contributed by atoms with Crippen molar-refractivity contribution < 1.29 is 14.3 Å². The molecule has 0 atom stereocenters. The zero-order valence-corrected chi connectivity index (χ0v) is 12.3. The van der Waals surface area contributed by atoms with Crippen molar-refractivity contribution in [1.29, 1.82) is 0 Å². The highest BCUT2D eigenvalue weighted by Gasteiger charge is 2.10. The maximum absolute atomic E-state index is 11.3. The van der Waals surface area contributed by atoms with Gasteiger partial charge in [0.25, 0.3) is 0 Å². The standard InChI is InChI=1S/C15H24N2O3/c1-3-7-17(12-15(18)19-2)8-9-20-14-6-4-5-13(10-14)11-16/h4-6,10H,3,7-9,11-12,16H2,1-2H3. The Labute approximate surface area is 120 Å². The van der Waals surface area contributed by atoms with Crippen molar-refractivity contribution >= 4 is 5.97 Å². The van der Waals surface area contributed by atoms with E-state index in [0.29, 0.717) is 26.2 Å². The van der Waals surface area contributed by atoms with Crippen LogP contribution in [0.25, 0.3) is 0 Å². The molecule has 0 aliphatic heterocycles. The van der Waals surface area contributed by atoms with E-state index in [1.165, 1.54) is 7.11 Å². The van der Waals surface area contributed by atoms with Crippen molar-refractivity contribution in [3.63, 3.8) is 0 Å². The summed E-state index contributed by atoms with van der Waals surface area (Å²) in [4.78, 5) is 13.3. The smallest absolute Gasteiger partial charge is 0.319 e. The van der Waals surface area contributed by atoms with E-state index in [0.717, 1.165) is 24.3 Å². The van der Waals surface area contributed by atoms with Gasteiger partial charge >= 0.3 is 5.97 Å². The Morgan fingerprint density at radius 2 is 2.15 bits per heavy atom. The van der Waals surface area contributed by atoms with E-state index in [1.54, 1.807) is 0 Å². The molecule has 112 valence electrons. The number of hydrogen-bond acceptors (Lipinski definition) is 5. The van der Waals surface area contributed by atoms with Gasteiger partial charge in [0, 0.05) is 13.1 Å². The molecule has 0 bridgehead atoms. The Balaban J connectivity index is 2.40. The number of benzene rings is 1. The number of nitrogens with zero attached hydrogens (tertiary/aromatic N) is 1. The van der Waals surface area contributed by atoms with Gasteiger partial charge in [0.15, 0.2) is 0 Å². The van der Waals surface area contributed by atoms with Crippen molar-refractivity contribution in [2.75, 3.05) is 33.4 Å². The van der Waals surface area contributed by atoms with Crippen LogP contribution in [0.1, 0.15) is 18.9 Å². The fourth-order valence-electron chi connectivity index (χ4n) is 1.89. The molecular weight excluding hydrogens is 256 g/mol. The summed E-state index contributed by atoms with van der Waals surface area (Å²) in [5.74, 6) is 0.589. The minimum absolute atomic E-state index is 0.219. The van der Waals surface area contributed by atoms with Gasteiger partial charge in [-0.2, -0.15) is 0 Å². The molecule has 0 fully saturated rings. The number of esters is 1. The molecule has 20 heavy (non-hydrogen) atoms. The quantitative estimate of drug-likeness (QED) is 0.693. The van der Waals surface area contributed by atoms with Gasteiger partial charge in [0.1, 0.15) is 12.4 Å². The van der Waals surface area contributed by atoms with Crippen molar-refractivity contribution in [3.8, 4) is 5.75 Å². The molecule has 0 amide bonds. The number of ether oxygens (including phenoxy) is 2. The minimum Gasteiger partial charge on any atom is -0.492 e. The highest BCUT2D eigenvalue weighted by Crippen LogP contribution is 2.12. The number of methoxy groups -OCH3 is 1. The fraction of sp³-hybridized carbons (Fsp3) is 0.533. The van der Waals surface area contributed by atoms with E-state index in [2.05, 4.69) is 11.7 Å². The second-order valence-electron chi connectivity index (χ2n) is 4.55. The zero-order valence-electron chi connectivity index (χ0n) is 12.3. The molecule has 0 heterocycles. The molecule has 0 radical (unpaired) electrons. The van der Waals surface area contributed by atoms with Crippen molar-refractivity contribution in [2.45, 2.75) is 19.9 Å². The van der Waals surface area contributed by atoms with E-state index in [4.69, 9.17) is 10.5 Å². The summed E-state index contributed by atoms with van der Waals surface area (Å²) in [5, 5.41) is 0. The molecule has 5 heteroatoms. The SMILES string of the molecule is CCCN(CCOc1cccc(CN)c1)CC(=O)OC. The monoisotopic (exact) mass is 280 g/mol. The predicted octanol–water partition coefficient (Wildman–Crippen LogP) is 1.41. The Morgan fingerprint density at radius 1 is 1.35 bits per heavy atom. The topological polar surface area (TPSA) is 64.8 Å². The van der Waals surface area contributed by atoms with Gasteiger partial charge in [0.2, 0.25) is 0 Å². The van der Waals surface area contributed by atoms with Gasteiger partial charge in [-0.3, -0.25) is 9.69 Å². The highest BCUT2D eigenvalue weighted by atomic mass is 16.5. The number of carbonyl (C=O) groups excluding carboxylic acids is 1. The van der Waals surface area contributed by atoms with Crippen molar-refractivity contribution in [1.82, 2.24) is 4.90 Å². The van der Waals surface area contributed by atoms with E-state index in [1.807, 2.05) is 29.2 Å². The summed E-state index contributed by atoms with van der Waals surface area (Å²) in [6.07, 6.45) is 0.986. The lowest BCUT2D eigenvalue weighted by Crippen LogP contribution is -2.34. The Morgan fingerprint density at radius 3 is 2.80 bits per heavy atom. The number of rotatable bonds is 9. The molecule has 0 unspecified atom stereocenters. The molecular formula is C15H24N2O3. The average Bonchev–Trinajstić information content (AvgIpc) is 2.47. The van der Waals surface area contributed by atoms with Gasteiger partial charge in [-0.15, -0.1) is 0 Å². The summed E-state index contributed by atoms with van der Waals surface area (Å²) >= 11 is 0. The van der Waals surface area contributed by atoms with Crippen LogP contribution in [0.4, 0.5) is 0 Å². The highest BCUT2D eigenvalue weighted by molar-refractivity contribution is 5.71. The van der Waals surface area contributed by atoms with Crippen LogP contribution in [-0.4, -0.2) is 44.2 Å². The lowest BCUT2D eigenvalue weighted by Gasteiger charge is -2.20. The van der Waals surface area contributed by atoms with Crippen LogP contribution in [0.2, 0.25) is 0 Å². The molecule has 2 N–H and O–H groups in total. The Kier molecular flexibility index (Phi) is 7.69. The van der Waals surface area contributed by atoms with Crippen molar-refractivity contribution in [2.24, 2.45) is 5.73 Å². The summed E-state index contributed by atoms with van der Waals surface area (Å²) in [5.41, 5.74) is 6.63. The maximum Gasteiger partial charge on any atom is 0.319 e. The third kappa shape index (κ3) is 6.04. The molecule has 0 aromatic heterocycles. The maximum atomic E-state index is 11.3. The molecule has 0 saturated heterocycles. The Hall–Kier alpha value is -1.59. The van der Waals surface area contributed by atoms with Crippen LogP contribution >= 0.6 is 0 Å². The lowest BCUT2D eigenvalue weighted by molar-refractivity contribution is -0.142. The van der Waals surface area contributed by atoms with Gasteiger partial charge in [0.05, 0.1) is 13.7 Å². The summed E-state index contributed by atoms with van der Waals surface area (Å²) < 4.78 is 10.4. The molecule has 1 aromatic carbocycles. The van der Waals surface area contributed by atoms with Crippen LogP contribution in [0, 0.1) is 0 Å². The molecule has 5 nitrogen and oxygen atoms in total. The van der Waals surface area contributed by atoms with Gasteiger partial charge in [-0.05, 0) is 30.7 Å². The number of carbonyl (C=O) groups is 1. The first kappa shape index (κ1) is 16.5. The lowest BCUT2D eigenvalue weighted by atomic mass is 10.2. The van der Waals surface area contributed by atoms with Crippen LogP contribution in [0.5, 0.6) is 5.75 Å². The largest absolute Gasteiger partial charge is 0.492 e. The number of hydrogen-bond donors (Lipinski definition) is 1. The van der Waals surface area contributed by atoms with Crippen molar-refractivity contribution in [3.05, 3.63) is 29.8 Å². The van der Waals surface area contributed by atoms with Crippen LogP contribution in [0.15, 0.2) is 24.3 Å². The predicted molar refractivity (Wildman–Crippen MR) is 78.6 cm³/mol. The second-order valence-corrected chi connectivity index (χ2v) is 4.55. The molecule has 1 rings (SSSR count). The van der Waals surface area contributed by atoms with Gasteiger partial charge < -0.3 is 15.2 Å². The first-order chi connectivity index (χ1) is 9.69. The summed E-state index contributed by atoms with van der Waals surface area (Å²) in [6, 6.07) is 7.73. The van der Waals surface area contributed by atoms with E-state index < -0.39 is 0 Å². The van der Waals surface area contributed by atoms with Gasteiger partial charge in [-0.1, -0.05) is 19.1 Å². The third-order valence-corrected chi connectivity index (χ3v) is 2.93. The fourth-order valence-corrected chi connectivity index (χ4v) is 1.89. The van der Waals surface area contributed by atoms with E-state index >= 15 is 0 Å². The molecule has 0 spiro atoms. The van der Waals surface area contributed by atoms with Crippen LogP contribution in [-0.2, 0) is 16.1 Å². The molecule has 0 aliphatic carbocycles. The molecule has 0 aliphatic rings. The Bertz CT molecular complexity index is 410.